The Morgan fingerprint density at radius 3 is 2.55 bits per heavy atom. The number of hydrogen-bond donors (Lipinski definition) is 1. The molecule has 2 aliphatic rings. The molecule has 4 heterocycles. The summed E-state index contributed by atoms with van der Waals surface area (Å²) in [5.74, 6) is 1.66. The van der Waals surface area contributed by atoms with E-state index in [1.54, 1.807) is 6.92 Å². The van der Waals surface area contributed by atoms with Gasteiger partial charge in [-0.2, -0.15) is 10.2 Å². The van der Waals surface area contributed by atoms with E-state index in [9.17, 15) is 5.26 Å². The van der Waals surface area contributed by atoms with E-state index in [0.29, 0.717) is 34.9 Å². The minimum atomic E-state index is 0.359. The molecule has 2 saturated heterocycles. The fraction of sp³-hybridized carbons (Fsp3) is 0.520. The van der Waals surface area contributed by atoms with Gasteiger partial charge in [-0.05, 0) is 56.7 Å². The zero-order chi connectivity index (χ0) is 22.8. The van der Waals surface area contributed by atoms with Crippen LogP contribution in [0.4, 0.5) is 5.82 Å². The molecule has 1 aromatic carbocycles. The smallest absolute Gasteiger partial charge is 0.263 e. The van der Waals surface area contributed by atoms with Crippen LogP contribution < -0.4 is 10.2 Å². The fourth-order valence-corrected chi connectivity index (χ4v) is 4.92. The lowest BCUT2D eigenvalue weighted by molar-refractivity contribution is 0.0738. The van der Waals surface area contributed by atoms with Gasteiger partial charge in [-0.3, -0.25) is 0 Å². The highest BCUT2D eigenvalue weighted by Gasteiger charge is 2.29. The highest BCUT2D eigenvalue weighted by Crippen LogP contribution is 2.37. The summed E-state index contributed by atoms with van der Waals surface area (Å²) in [7, 11) is 0. The van der Waals surface area contributed by atoms with Gasteiger partial charge in [0.2, 0.25) is 0 Å². The Morgan fingerprint density at radius 1 is 1.12 bits per heavy atom. The number of nitrogens with one attached hydrogen (secondary N) is 1. The number of fused-ring (bicyclic) bond motifs is 1. The molecular weight excluding hydrogens is 416 g/mol. The molecule has 3 aromatic rings. The predicted octanol–water partition coefficient (Wildman–Crippen LogP) is 3.76. The number of pyridine rings is 1. The van der Waals surface area contributed by atoms with E-state index < -0.39 is 0 Å². The second kappa shape index (κ2) is 9.46. The molecule has 1 N–H and O–H groups in total. The largest absolute Gasteiger partial charge is 0.381 e. The number of benzene rings is 1. The summed E-state index contributed by atoms with van der Waals surface area (Å²) < 4.78 is 11.0. The van der Waals surface area contributed by atoms with Crippen LogP contribution in [0, 0.1) is 18.3 Å². The zero-order valence-corrected chi connectivity index (χ0v) is 19.3. The van der Waals surface area contributed by atoms with E-state index >= 15 is 0 Å². The van der Waals surface area contributed by atoms with Crippen molar-refractivity contribution in [2.75, 3.05) is 31.2 Å². The molecule has 2 aromatic heterocycles. The maximum atomic E-state index is 10.2. The van der Waals surface area contributed by atoms with Crippen LogP contribution in [0.25, 0.3) is 22.4 Å². The first-order valence-corrected chi connectivity index (χ1v) is 11.9. The highest BCUT2D eigenvalue weighted by atomic mass is 16.5. The van der Waals surface area contributed by atoms with Gasteiger partial charge in [0, 0.05) is 43.8 Å². The summed E-state index contributed by atoms with van der Waals surface area (Å²) in [6.07, 6.45) is 5.11. The third kappa shape index (κ3) is 4.43. The number of hydrogen-bond acceptors (Lipinski definition) is 8. The molecule has 0 saturated carbocycles. The van der Waals surface area contributed by atoms with Crippen LogP contribution in [-0.4, -0.2) is 53.5 Å². The second-order valence-electron chi connectivity index (χ2n) is 8.96. The monoisotopic (exact) mass is 446 g/mol. The first kappa shape index (κ1) is 21.8. The van der Waals surface area contributed by atoms with Crippen molar-refractivity contribution in [3.8, 4) is 17.5 Å². The van der Waals surface area contributed by atoms with Gasteiger partial charge in [0.1, 0.15) is 17.5 Å². The molecule has 0 amide bonds. The summed E-state index contributed by atoms with van der Waals surface area (Å²) in [6, 6.07) is 9.61. The normalized spacial score (nSPS) is 18.0. The van der Waals surface area contributed by atoms with Gasteiger partial charge in [0.15, 0.2) is 5.82 Å². The lowest BCUT2D eigenvalue weighted by atomic mass is 9.98. The Hall–Kier alpha value is -3.02. The molecule has 33 heavy (non-hydrogen) atoms. The molecule has 0 spiro atoms. The van der Waals surface area contributed by atoms with Gasteiger partial charge in [0.25, 0.3) is 5.89 Å². The number of ether oxygens (including phenoxy) is 1. The van der Waals surface area contributed by atoms with E-state index in [-0.39, 0.29) is 0 Å². The second-order valence-corrected chi connectivity index (χ2v) is 8.96. The standard InChI is InChI=1S/C25H30N6O2/c1-3-17-4-5-22-20(14-17)21(15-26)23(25-27-16(2)30-33-25)24(29-22)31-10-6-18(7-11-31)28-19-8-12-32-13-9-19/h4-5,14,18-19,28H,3,6-13H2,1-2H3. The van der Waals surface area contributed by atoms with Crippen molar-refractivity contribution in [3.05, 3.63) is 35.2 Å². The fourth-order valence-electron chi connectivity index (χ4n) is 4.92. The van der Waals surface area contributed by atoms with Crippen LogP contribution in [0.2, 0.25) is 0 Å². The summed E-state index contributed by atoms with van der Waals surface area (Å²) in [5.41, 5.74) is 3.19. The van der Waals surface area contributed by atoms with Crippen LogP contribution in [0.15, 0.2) is 22.7 Å². The van der Waals surface area contributed by atoms with Gasteiger partial charge in [0.05, 0.1) is 11.1 Å². The number of aromatic nitrogens is 3. The van der Waals surface area contributed by atoms with Crippen LogP contribution in [0.3, 0.4) is 0 Å². The van der Waals surface area contributed by atoms with Gasteiger partial charge in [-0.25, -0.2) is 4.98 Å². The molecule has 2 fully saturated rings. The van der Waals surface area contributed by atoms with Crippen LogP contribution in [-0.2, 0) is 11.2 Å². The third-order valence-corrected chi connectivity index (χ3v) is 6.78. The van der Waals surface area contributed by atoms with Gasteiger partial charge < -0.3 is 19.5 Å². The Balaban J connectivity index is 1.49. The van der Waals surface area contributed by atoms with Crippen molar-refractivity contribution in [1.82, 2.24) is 20.4 Å². The summed E-state index contributed by atoms with van der Waals surface area (Å²) >= 11 is 0. The average molecular weight is 447 g/mol. The highest BCUT2D eigenvalue weighted by molar-refractivity contribution is 5.95. The van der Waals surface area contributed by atoms with Crippen molar-refractivity contribution in [3.63, 3.8) is 0 Å². The van der Waals surface area contributed by atoms with Gasteiger partial charge >= 0.3 is 0 Å². The van der Waals surface area contributed by atoms with Gasteiger partial charge in [-0.1, -0.05) is 18.1 Å². The van der Waals surface area contributed by atoms with E-state index in [2.05, 4.69) is 45.5 Å². The number of nitriles is 1. The van der Waals surface area contributed by atoms with Crippen molar-refractivity contribution >= 4 is 16.7 Å². The summed E-state index contributed by atoms with van der Waals surface area (Å²) in [6.45, 7) is 7.31. The third-order valence-electron chi connectivity index (χ3n) is 6.78. The Morgan fingerprint density at radius 2 is 1.88 bits per heavy atom. The van der Waals surface area contributed by atoms with Crippen molar-refractivity contribution in [2.45, 2.75) is 58.0 Å². The molecule has 172 valence electrons. The SMILES string of the molecule is CCc1ccc2nc(N3CCC(NC4CCOCC4)CC3)c(-c3nc(C)no3)c(C#N)c2c1. The first-order chi connectivity index (χ1) is 16.2. The minimum Gasteiger partial charge on any atom is -0.381 e. The molecule has 2 aliphatic heterocycles. The average Bonchev–Trinajstić information content (AvgIpc) is 3.29. The summed E-state index contributed by atoms with van der Waals surface area (Å²) in [4.78, 5) is 11.8. The number of nitrogens with zero attached hydrogens (tertiary/aromatic N) is 5. The Bertz CT molecular complexity index is 1170. The lowest BCUT2D eigenvalue weighted by Crippen LogP contribution is -2.48. The van der Waals surface area contributed by atoms with Crippen molar-refractivity contribution < 1.29 is 9.26 Å². The zero-order valence-electron chi connectivity index (χ0n) is 19.3. The van der Waals surface area contributed by atoms with Crippen molar-refractivity contribution in [1.29, 1.82) is 5.26 Å². The lowest BCUT2D eigenvalue weighted by Gasteiger charge is -2.36. The molecule has 0 bridgehead atoms. The number of anilines is 1. The first-order valence-electron chi connectivity index (χ1n) is 11.9. The molecule has 0 aliphatic carbocycles. The molecule has 8 heteroatoms. The Labute approximate surface area is 193 Å². The summed E-state index contributed by atoms with van der Waals surface area (Å²) in [5, 5.41) is 18.8. The Kier molecular flexibility index (Phi) is 6.25. The number of aryl methyl sites for hydroxylation is 2. The molecule has 5 rings (SSSR count). The molecule has 8 nitrogen and oxygen atoms in total. The topological polar surface area (TPSA) is 100 Å². The van der Waals surface area contributed by atoms with Gasteiger partial charge in [-0.15, -0.1) is 0 Å². The van der Waals surface area contributed by atoms with Crippen LogP contribution >= 0.6 is 0 Å². The molecule has 0 radical (unpaired) electrons. The maximum absolute atomic E-state index is 10.2. The van der Waals surface area contributed by atoms with Crippen molar-refractivity contribution in [2.24, 2.45) is 0 Å². The van der Waals surface area contributed by atoms with Crippen LogP contribution in [0.1, 0.15) is 49.6 Å². The molecular formula is C25H30N6O2. The van der Waals surface area contributed by atoms with E-state index in [1.807, 2.05) is 6.07 Å². The predicted molar refractivity (Wildman–Crippen MR) is 126 cm³/mol. The molecule has 0 unspecified atom stereocenters. The van der Waals surface area contributed by atoms with E-state index in [0.717, 1.165) is 75.1 Å². The molecule has 0 atom stereocenters. The number of piperidine rings is 1. The number of rotatable bonds is 5. The van der Waals surface area contributed by atoms with E-state index in [1.165, 1.54) is 5.56 Å². The van der Waals surface area contributed by atoms with Crippen LogP contribution in [0.5, 0.6) is 0 Å². The maximum Gasteiger partial charge on any atom is 0.263 e. The minimum absolute atomic E-state index is 0.359. The van der Waals surface area contributed by atoms with E-state index in [4.69, 9.17) is 14.2 Å². The quantitative estimate of drug-likeness (QED) is 0.632.